The average Bonchev–Trinajstić information content (AvgIpc) is 3.08. The van der Waals surface area contributed by atoms with Crippen molar-refractivity contribution in [2.45, 2.75) is 13.0 Å². The van der Waals surface area contributed by atoms with Gasteiger partial charge in [-0.3, -0.25) is 4.79 Å². The van der Waals surface area contributed by atoms with Crippen LogP contribution in [0.3, 0.4) is 0 Å². The van der Waals surface area contributed by atoms with Gasteiger partial charge in [0.1, 0.15) is 18.2 Å². The smallest absolute Gasteiger partial charge is 0.415 e. The average molecular weight is 416 g/mol. The van der Waals surface area contributed by atoms with Crippen LogP contribution < -0.4 is 5.73 Å². The number of hydrogen-bond donors (Lipinski definition) is 2. The van der Waals surface area contributed by atoms with Gasteiger partial charge < -0.3 is 10.8 Å². The van der Waals surface area contributed by atoms with Crippen molar-refractivity contribution in [2.24, 2.45) is 7.05 Å². The molecule has 0 aliphatic heterocycles. The Balaban J connectivity index is 2.10. The van der Waals surface area contributed by atoms with E-state index >= 15 is 0 Å². The van der Waals surface area contributed by atoms with Crippen molar-refractivity contribution in [1.29, 1.82) is 0 Å². The van der Waals surface area contributed by atoms with Crippen molar-refractivity contribution in [3.63, 3.8) is 0 Å². The summed E-state index contributed by atoms with van der Waals surface area (Å²) in [6.45, 7) is 0.407. The van der Waals surface area contributed by atoms with Gasteiger partial charge in [-0.25, -0.2) is 28.1 Å². The van der Waals surface area contributed by atoms with Crippen LogP contribution in [-0.4, -0.2) is 48.7 Å². The number of rotatable bonds is 5. The lowest BCUT2D eigenvalue weighted by molar-refractivity contribution is 0.0625. The zero-order chi connectivity index (χ0) is 22.0. The van der Waals surface area contributed by atoms with E-state index in [-0.39, 0.29) is 22.6 Å². The van der Waals surface area contributed by atoms with Crippen molar-refractivity contribution in [3.05, 3.63) is 59.2 Å². The monoisotopic (exact) mass is 416 g/mol. The van der Waals surface area contributed by atoms with Gasteiger partial charge in [-0.1, -0.05) is 17.3 Å². The Morgan fingerprint density at radius 2 is 2.03 bits per heavy atom. The number of aryl methyl sites for hydroxylation is 2. The predicted molar refractivity (Wildman–Crippen MR) is 103 cm³/mol. The molecule has 0 bridgehead atoms. The molecule has 0 radical (unpaired) electrons. The van der Waals surface area contributed by atoms with E-state index in [1.165, 1.54) is 25.2 Å². The zero-order valence-electron chi connectivity index (χ0n) is 16.1. The molecular weight excluding hydrogens is 398 g/mol. The topological polar surface area (TPSA) is 127 Å². The summed E-state index contributed by atoms with van der Waals surface area (Å²) in [6.07, 6.45) is -1.71. The summed E-state index contributed by atoms with van der Waals surface area (Å²) in [5.74, 6) is -1.76. The third-order valence-electron chi connectivity index (χ3n) is 4.51. The number of nitrogens with two attached hydrogens (primary N) is 1. The fourth-order valence-corrected chi connectivity index (χ4v) is 2.97. The Kier molecular flexibility index (Phi) is 5.72. The van der Waals surface area contributed by atoms with Crippen LogP contribution in [0.5, 0.6) is 0 Å². The van der Waals surface area contributed by atoms with E-state index < -0.39 is 30.5 Å². The molecule has 2 aromatic heterocycles. The molecule has 2 amide bonds. The minimum atomic E-state index is -1.71. The lowest BCUT2D eigenvalue weighted by atomic mass is 10.1. The van der Waals surface area contributed by atoms with Crippen molar-refractivity contribution in [2.75, 3.05) is 12.4 Å². The summed E-state index contributed by atoms with van der Waals surface area (Å²) >= 11 is 0. The van der Waals surface area contributed by atoms with Crippen LogP contribution in [0, 0.1) is 12.7 Å². The number of anilines is 1. The van der Waals surface area contributed by atoms with E-state index in [0.717, 1.165) is 16.8 Å². The number of carbonyl (C=O) groups is 2. The molecule has 0 saturated heterocycles. The van der Waals surface area contributed by atoms with Crippen LogP contribution >= 0.6 is 0 Å². The molecule has 0 fully saturated rings. The first-order valence-electron chi connectivity index (χ1n) is 8.75. The number of nitrogen functional groups attached to an aromatic ring is 1. The molecule has 1 atom stereocenters. The fourth-order valence-electron chi connectivity index (χ4n) is 2.97. The van der Waals surface area contributed by atoms with Gasteiger partial charge in [0.05, 0.1) is 23.1 Å². The second kappa shape index (κ2) is 8.23. The summed E-state index contributed by atoms with van der Waals surface area (Å²) in [5, 5.41) is 17.4. The Labute approximate surface area is 169 Å². The molecule has 156 valence electrons. The van der Waals surface area contributed by atoms with Gasteiger partial charge in [-0.15, -0.1) is 5.10 Å². The summed E-state index contributed by atoms with van der Waals surface area (Å²) in [4.78, 5) is 29.7. The van der Waals surface area contributed by atoms with Crippen LogP contribution in [0.25, 0.3) is 11.4 Å². The van der Waals surface area contributed by atoms with E-state index in [2.05, 4.69) is 15.3 Å². The molecule has 0 spiro atoms. The molecule has 0 saturated carbocycles. The highest BCUT2D eigenvalue weighted by atomic mass is 19.1. The Morgan fingerprint density at radius 1 is 1.30 bits per heavy atom. The van der Waals surface area contributed by atoms with Gasteiger partial charge >= 0.3 is 6.09 Å². The Hall–Kier alpha value is -3.89. The van der Waals surface area contributed by atoms with Crippen molar-refractivity contribution in [3.8, 4) is 11.4 Å². The molecule has 0 aliphatic rings. The molecule has 3 aromatic rings. The van der Waals surface area contributed by atoms with Gasteiger partial charge in [-0.05, 0) is 36.8 Å². The lowest BCUT2D eigenvalue weighted by Gasteiger charge is -2.26. The minimum absolute atomic E-state index is 0.00798. The van der Waals surface area contributed by atoms with Crippen LogP contribution in [0.1, 0.15) is 27.8 Å². The van der Waals surface area contributed by atoms with Gasteiger partial charge in [-0.2, -0.15) is 0 Å². The fraction of sp³-hybridized carbons (Fsp3) is 0.211. The van der Waals surface area contributed by atoms with Gasteiger partial charge in [0.2, 0.25) is 0 Å². The maximum Gasteiger partial charge on any atom is 0.415 e. The number of amides is 2. The van der Waals surface area contributed by atoms with Crippen molar-refractivity contribution < 1.29 is 23.5 Å². The summed E-state index contributed by atoms with van der Waals surface area (Å²) in [7, 11) is 1.39. The summed E-state index contributed by atoms with van der Waals surface area (Å²) in [5.41, 5.74) is 6.69. The Bertz CT molecular complexity index is 1120. The number of imide groups is 1. The van der Waals surface area contributed by atoms with Crippen LogP contribution in [0.2, 0.25) is 0 Å². The molecule has 0 aliphatic carbocycles. The van der Waals surface area contributed by atoms with Crippen LogP contribution in [0.4, 0.5) is 19.3 Å². The number of aromatic nitrogens is 4. The number of pyridine rings is 1. The maximum absolute atomic E-state index is 13.9. The van der Waals surface area contributed by atoms with E-state index in [4.69, 9.17) is 5.73 Å². The minimum Gasteiger partial charge on any atom is -0.465 e. The number of carboxylic acid groups (broad SMARTS) is 1. The summed E-state index contributed by atoms with van der Waals surface area (Å²) < 4.78 is 28.5. The van der Waals surface area contributed by atoms with Gasteiger partial charge in [0.25, 0.3) is 5.91 Å². The lowest BCUT2D eigenvalue weighted by Crippen LogP contribution is -2.41. The molecule has 11 heteroatoms. The normalized spacial score (nSPS) is 11.9. The first-order chi connectivity index (χ1) is 14.2. The highest BCUT2D eigenvalue weighted by molar-refractivity contribution is 6.05. The van der Waals surface area contributed by atoms with E-state index in [1.54, 1.807) is 13.0 Å². The number of carbonyl (C=O) groups excluding carboxylic acids is 1. The largest absolute Gasteiger partial charge is 0.465 e. The molecule has 0 unspecified atom stereocenters. The molecule has 3 rings (SSSR count). The highest BCUT2D eigenvalue weighted by Gasteiger charge is 2.36. The number of benzene rings is 1. The number of nitrogens with zero attached hydrogens (tertiary/aromatic N) is 5. The third kappa shape index (κ3) is 3.81. The quantitative estimate of drug-likeness (QED) is 0.655. The van der Waals surface area contributed by atoms with Crippen LogP contribution in [-0.2, 0) is 7.05 Å². The first kappa shape index (κ1) is 20.8. The SMILES string of the molecule is Cc1nc(-c2nnn(C)c2C(=O)N(C(=O)O)[C@H](CF)c2cccc(F)c2)ccc1N. The van der Waals surface area contributed by atoms with E-state index in [1.807, 2.05) is 0 Å². The van der Waals surface area contributed by atoms with E-state index in [0.29, 0.717) is 16.3 Å². The maximum atomic E-state index is 13.9. The first-order valence-corrected chi connectivity index (χ1v) is 8.75. The van der Waals surface area contributed by atoms with Gasteiger partial charge in [0, 0.05) is 7.05 Å². The second-order valence-corrected chi connectivity index (χ2v) is 6.46. The van der Waals surface area contributed by atoms with Crippen molar-refractivity contribution in [1.82, 2.24) is 24.9 Å². The Morgan fingerprint density at radius 3 is 2.63 bits per heavy atom. The predicted octanol–water partition coefficient (Wildman–Crippen LogP) is 2.74. The molecule has 2 heterocycles. The molecular formula is C19H18F2N6O3. The molecule has 9 nitrogen and oxygen atoms in total. The van der Waals surface area contributed by atoms with E-state index in [9.17, 15) is 23.5 Å². The molecule has 1 aromatic carbocycles. The third-order valence-corrected chi connectivity index (χ3v) is 4.51. The number of alkyl halides is 1. The summed E-state index contributed by atoms with van der Waals surface area (Å²) in [6, 6.07) is 6.25. The molecule has 30 heavy (non-hydrogen) atoms. The molecule has 3 N–H and O–H groups in total. The second-order valence-electron chi connectivity index (χ2n) is 6.46. The van der Waals surface area contributed by atoms with Crippen LogP contribution in [0.15, 0.2) is 36.4 Å². The highest BCUT2D eigenvalue weighted by Crippen LogP contribution is 2.28. The zero-order valence-corrected chi connectivity index (χ0v) is 16.1. The number of hydrogen-bond acceptors (Lipinski definition) is 6. The standard InChI is InChI=1S/C19H18F2N6O3/c1-10-13(22)6-7-14(23-10)16-17(26(2)25-24-16)18(28)27(19(29)30)15(9-20)11-4-3-5-12(21)8-11/h3-8,15H,9,22H2,1-2H3,(H,29,30)/t15-/m1/s1. The van der Waals surface area contributed by atoms with Crippen molar-refractivity contribution >= 4 is 17.7 Å². The number of halogens is 2. The van der Waals surface area contributed by atoms with Gasteiger partial charge in [0.15, 0.2) is 5.69 Å².